The number of nitrogens with one attached hydrogen (secondary N) is 1. The maximum absolute atomic E-state index is 12.6. The van der Waals surface area contributed by atoms with Gasteiger partial charge in [0.25, 0.3) is 15.9 Å². The van der Waals surface area contributed by atoms with Gasteiger partial charge in [-0.25, -0.2) is 4.98 Å². The van der Waals surface area contributed by atoms with Gasteiger partial charge in [0.1, 0.15) is 18.1 Å². The molecular formula is C12H12N4O4S. The van der Waals surface area contributed by atoms with Gasteiger partial charge in [-0.1, -0.05) is 0 Å². The monoisotopic (exact) mass is 308 g/mol. The minimum Gasteiger partial charge on any atom is -0.484 e. The van der Waals surface area contributed by atoms with Crippen molar-refractivity contribution >= 4 is 10.0 Å². The summed E-state index contributed by atoms with van der Waals surface area (Å²) in [6.07, 6.45) is 2.79. The van der Waals surface area contributed by atoms with Crippen molar-refractivity contribution in [2.75, 3.05) is 13.2 Å². The van der Waals surface area contributed by atoms with Crippen molar-refractivity contribution in [2.45, 2.75) is 18.0 Å². The predicted molar refractivity (Wildman–Crippen MR) is 70.6 cm³/mol. The summed E-state index contributed by atoms with van der Waals surface area (Å²) in [4.78, 5) is 4.02. The van der Waals surface area contributed by atoms with Gasteiger partial charge in [0, 0.05) is 30.9 Å². The van der Waals surface area contributed by atoms with Crippen LogP contribution in [0.25, 0.3) is 0 Å². The summed E-state index contributed by atoms with van der Waals surface area (Å²) < 4.78 is 36.8. The zero-order valence-electron chi connectivity index (χ0n) is 10.9. The first kappa shape index (κ1) is 12.6. The number of rotatable bonds is 2. The third-order valence-electron chi connectivity index (χ3n) is 3.38. The van der Waals surface area contributed by atoms with E-state index in [1.807, 2.05) is 0 Å². The summed E-state index contributed by atoms with van der Waals surface area (Å²) in [5.74, 6) is 0.649. The van der Waals surface area contributed by atoms with E-state index in [-0.39, 0.29) is 4.90 Å². The number of hydrogen-bond acceptors (Lipinski definition) is 7. The highest BCUT2D eigenvalue weighted by molar-refractivity contribution is 7.89. The molecule has 0 fully saturated rings. The topological polar surface area (TPSA) is 95.3 Å². The molecule has 2 aromatic heterocycles. The van der Waals surface area contributed by atoms with Crippen molar-refractivity contribution in [2.24, 2.45) is 0 Å². The van der Waals surface area contributed by atoms with Crippen LogP contribution in [0.1, 0.15) is 11.3 Å². The Labute approximate surface area is 120 Å². The molecule has 9 heteroatoms. The standard InChI is InChI=1S/C12H12N4O4S/c17-21(18,16-7-8-4-13-6-10(8)15-16)9-3-11-12(14-5-9)20-2-1-19-11/h3,5,7,13H,1-2,4,6H2. The SMILES string of the molecule is O=S(=O)(c1cnc2c(c1)OCCO2)n1cc2c(n1)CNC2. The Balaban J connectivity index is 1.77. The Morgan fingerprint density at radius 3 is 2.95 bits per heavy atom. The molecule has 0 radical (unpaired) electrons. The Morgan fingerprint density at radius 2 is 2.10 bits per heavy atom. The van der Waals surface area contributed by atoms with Gasteiger partial charge in [-0.05, 0) is 0 Å². The second kappa shape index (κ2) is 4.43. The van der Waals surface area contributed by atoms with Crippen LogP contribution >= 0.6 is 0 Å². The molecule has 2 aliphatic rings. The van der Waals surface area contributed by atoms with E-state index in [4.69, 9.17) is 9.47 Å². The Morgan fingerprint density at radius 1 is 1.24 bits per heavy atom. The van der Waals surface area contributed by atoms with Gasteiger partial charge in [-0.3, -0.25) is 0 Å². The van der Waals surface area contributed by atoms with Crippen LogP contribution in [0.15, 0.2) is 23.4 Å². The fraction of sp³-hybridized carbons (Fsp3) is 0.333. The van der Waals surface area contributed by atoms with Crippen LogP contribution in [-0.4, -0.2) is 35.8 Å². The molecular weight excluding hydrogens is 296 g/mol. The quantitative estimate of drug-likeness (QED) is 0.827. The second-order valence-electron chi connectivity index (χ2n) is 4.75. The van der Waals surface area contributed by atoms with E-state index in [0.717, 1.165) is 15.3 Å². The lowest BCUT2D eigenvalue weighted by Crippen LogP contribution is -2.19. The van der Waals surface area contributed by atoms with Crippen molar-refractivity contribution in [3.05, 3.63) is 29.7 Å². The number of hydrogen-bond donors (Lipinski definition) is 1. The van der Waals surface area contributed by atoms with Crippen LogP contribution in [0.3, 0.4) is 0 Å². The van der Waals surface area contributed by atoms with Gasteiger partial charge in [-0.2, -0.15) is 17.6 Å². The first-order valence-electron chi connectivity index (χ1n) is 6.44. The fourth-order valence-corrected chi connectivity index (χ4v) is 3.45. The minimum atomic E-state index is -3.77. The molecule has 0 saturated carbocycles. The molecule has 0 aliphatic carbocycles. The number of ether oxygens (including phenoxy) is 2. The van der Waals surface area contributed by atoms with Crippen molar-refractivity contribution in [1.82, 2.24) is 19.5 Å². The summed E-state index contributed by atoms with van der Waals surface area (Å²) in [6, 6.07) is 1.42. The van der Waals surface area contributed by atoms with Gasteiger partial charge in [-0.15, -0.1) is 0 Å². The fourth-order valence-electron chi connectivity index (χ4n) is 2.32. The lowest BCUT2D eigenvalue weighted by molar-refractivity contribution is 0.163. The summed E-state index contributed by atoms with van der Waals surface area (Å²) in [7, 11) is -3.77. The Bertz CT molecular complexity index is 793. The second-order valence-corrected chi connectivity index (χ2v) is 6.55. The molecule has 8 nitrogen and oxygen atoms in total. The summed E-state index contributed by atoms with van der Waals surface area (Å²) in [6.45, 7) is 1.99. The van der Waals surface area contributed by atoms with Crippen LogP contribution in [0.5, 0.6) is 11.6 Å². The molecule has 0 unspecified atom stereocenters. The normalized spacial score (nSPS) is 16.8. The Hall–Kier alpha value is -2.13. The van der Waals surface area contributed by atoms with E-state index in [9.17, 15) is 8.42 Å². The van der Waals surface area contributed by atoms with E-state index < -0.39 is 10.0 Å². The Kier molecular flexibility index (Phi) is 2.66. The highest BCUT2D eigenvalue weighted by atomic mass is 32.2. The third-order valence-corrected chi connectivity index (χ3v) is 4.88. The molecule has 0 aromatic carbocycles. The lowest BCUT2D eigenvalue weighted by atomic mass is 10.3. The van der Waals surface area contributed by atoms with Crippen LogP contribution in [0.4, 0.5) is 0 Å². The molecule has 2 aliphatic heterocycles. The zero-order valence-corrected chi connectivity index (χ0v) is 11.8. The lowest BCUT2D eigenvalue weighted by Gasteiger charge is -2.17. The van der Waals surface area contributed by atoms with Crippen molar-refractivity contribution in [3.8, 4) is 11.6 Å². The summed E-state index contributed by atoms with van der Waals surface area (Å²) >= 11 is 0. The first-order chi connectivity index (χ1) is 10.1. The van der Waals surface area contributed by atoms with Gasteiger partial charge in [0.15, 0.2) is 5.75 Å². The van der Waals surface area contributed by atoms with Gasteiger partial charge in [0.05, 0.1) is 11.9 Å². The van der Waals surface area contributed by atoms with E-state index >= 15 is 0 Å². The van der Waals surface area contributed by atoms with Gasteiger partial charge >= 0.3 is 0 Å². The molecule has 21 heavy (non-hydrogen) atoms. The van der Waals surface area contributed by atoms with Gasteiger partial charge < -0.3 is 14.8 Å². The first-order valence-corrected chi connectivity index (χ1v) is 7.88. The number of fused-ring (bicyclic) bond motifs is 2. The zero-order chi connectivity index (χ0) is 14.4. The number of aromatic nitrogens is 3. The van der Waals surface area contributed by atoms with Crippen LogP contribution < -0.4 is 14.8 Å². The average molecular weight is 308 g/mol. The number of pyridine rings is 1. The van der Waals surface area contributed by atoms with Gasteiger partial charge in [0.2, 0.25) is 0 Å². The largest absolute Gasteiger partial charge is 0.484 e. The highest BCUT2D eigenvalue weighted by Gasteiger charge is 2.25. The van der Waals surface area contributed by atoms with Crippen LogP contribution in [-0.2, 0) is 23.1 Å². The van der Waals surface area contributed by atoms with Crippen molar-refractivity contribution in [3.63, 3.8) is 0 Å². The molecule has 1 N–H and O–H groups in total. The maximum atomic E-state index is 12.6. The average Bonchev–Trinajstić information content (AvgIpc) is 3.08. The summed E-state index contributed by atoms with van der Waals surface area (Å²) in [5.41, 5.74) is 1.65. The van der Waals surface area contributed by atoms with Crippen molar-refractivity contribution in [1.29, 1.82) is 0 Å². The van der Waals surface area contributed by atoms with E-state index in [1.165, 1.54) is 18.5 Å². The molecule has 110 valence electrons. The molecule has 4 rings (SSSR count). The molecule has 0 saturated heterocycles. The van der Waals surface area contributed by atoms with E-state index in [2.05, 4.69) is 15.4 Å². The molecule has 0 atom stereocenters. The molecule has 0 spiro atoms. The van der Waals surface area contributed by atoms with Crippen LogP contribution in [0.2, 0.25) is 0 Å². The molecule has 0 amide bonds. The van der Waals surface area contributed by atoms with Crippen molar-refractivity contribution < 1.29 is 17.9 Å². The third kappa shape index (κ3) is 1.96. The van der Waals surface area contributed by atoms with E-state index in [1.54, 1.807) is 0 Å². The smallest absolute Gasteiger partial charge is 0.284 e. The summed E-state index contributed by atoms with van der Waals surface area (Å²) in [5, 5.41) is 7.22. The molecule has 0 bridgehead atoms. The molecule has 2 aromatic rings. The maximum Gasteiger partial charge on any atom is 0.284 e. The van der Waals surface area contributed by atoms with Crippen LogP contribution in [0, 0.1) is 0 Å². The molecule has 4 heterocycles. The van der Waals surface area contributed by atoms with E-state index in [0.29, 0.717) is 37.9 Å². The number of nitrogens with zero attached hydrogens (tertiary/aromatic N) is 3. The highest BCUT2D eigenvalue weighted by Crippen LogP contribution is 2.30. The predicted octanol–water partition coefficient (Wildman–Crippen LogP) is -0.110. The minimum absolute atomic E-state index is 0.0286.